The molecule has 2 heterocycles. The average Bonchev–Trinajstić information content (AvgIpc) is 3.15. The molecule has 31 heavy (non-hydrogen) atoms. The van der Waals surface area contributed by atoms with E-state index >= 15 is 0 Å². The number of fused-ring (bicyclic) bond motifs is 1. The van der Waals surface area contributed by atoms with E-state index < -0.39 is 10.1 Å². The van der Waals surface area contributed by atoms with Crippen molar-refractivity contribution >= 4 is 15.8 Å². The number of unbranched alkanes of at least 4 members (excludes halogenated alkanes) is 1. The second-order valence-electron chi connectivity index (χ2n) is 6.86. The first-order chi connectivity index (χ1) is 14.8. The molecule has 0 radical (unpaired) electrons. The standard InChI is InChI=1S/C14H19FN4O.C7H8O3S/c1-2-3-4-12-9-19-13(17-12)5-6-14(18-19)20-10-11(7-15)8-16;1-6-2-4-7(5-3-6)11(8,9)10/h5-7,9H,2-4,8,10,16H2,1H3;2-5H,1H3,(H,8,9,10)/b11-7+;. The van der Waals surface area contributed by atoms with Crippen molar-refractivity contribution in [3.05, 3.63) is 65.8 Å². The molecule has 1 aromatic carbocycles. The molecule has 168 valence electrons. The van der Waals surface area contributed by atoms with Crippen molar-refractivity contribution in [3.63, 3.8) is 0 Å². The van der Waals surface area contributed by atoms with Gasteiger partial charge in [-0.05, 0) is 38.0 Å². The molecule has 0 aliphatic heterocycles. The van der Waals surface area contributed by atoms with Gasteiger partial charge in [0.1, 0.15) is 6.61 Å². The first-order valence-corrected chi connectivity index (χ1v) is 11.2. The number of hydrogen-bond donors (Lipinski definition) is 2. The van der Waals surface area contributed by atoms with Gasteiger partial charge in [-0.25, -0.2) is 13.9 Å². The summed E-state index contributed by atoms with van der Waals surface area (Å²) in [5.41, 5.74) is 8.51. The molecule has 0 saturated heterocycles. The van der Waals surface area contributed by atoms with Gasteiger partial charge in [0.05, 0.1) is 23.1 Å². The van der Waals surface area contributed by atoms with Crippen LogP contribution in [0.3, 0.4) is 0 Å². The summed E-state index contributed by atoms with van der Waals surface area (Å²) in [6.45, 7) is 4.22. The van der Waals surface area contributed by atoms with Crippen molar-refractivity contribution in [2.75, 3.05) is 13.2 Å². The molecule has 0 spiro atoms. The lowest BCUT2D eigenvalue weighted by molar-refractivity contribution is 0.328. The van der Waals surface area contributed by atoms with Gasteiger partial charge in [0.25, 0.3) is 10.1 Å². The van der Waals surface area contributed by atoms with E-state index in [1.165, 1.54) is 12.1 Å². The van der Waals surface area contributed by atoms with Crippen LogP contribution in [0, 0.1) is 6.92 Å². The Morgan fingerprint density at radius 1 is 1.26 bits per heavy atom. The molecule has 0 aliphatic rings. The van der Waals surface area contributed by atoms with E-state index in [0.717, 1.165) is 36.2 Å². The molecule has 3 aromatic rings. The zero-order valence-corrected chi connectivity index (χ0v) is 18.3. The van der Waals surface area contributed by atoms with Crippen molar-refractivity contribution in [1.29, 1.82) is 0 Å². The Kier molecular flexibility index (Phi) is 9.10. The number of aryl methyl sites for hydroxylation is 2. The summed E-state index contributed by atoms with van der Waals surface area (Å²) in [5.74, 6) is 0.421. The molecular formula is C21H27FN4O4S. The van der Waals surface area contributed by atoms with E-state index in [0.29, 0.717) is 17.8 Å². The van der Waals surface area contributed by atoms with Gasteiger partial charge in [0.2, 0.25) is 5.88 Å². The monoisotopic (exact) mass is 450 g/mol. The molecule has 0 aliphatic carbocycles. The van der Waals surface area contributed by atoms with Gasteiger partial charge in [-0.1, -0.05) is 31.0 Å². The molecule has 2 aromatic heterocycles. The number of nitrogens with two attached hydrogens (primary N) is 1. The molecule has 3 rings (SSSR count). The number of halogens is 1. The Hall–Kier alpha value is -2.82. The van der Waals surface area contributed by atoms with Crippen LogP contribution in [0.4, 0.5) is 4.39 Å². The summed E-state index contributed by atoms with van der Waals surface area (Å²) in [5, 5.41) is 4.29. The second kappa shape index (κ2) is 11.5. The minimum Gasteiger partial charge on any atom is -0.472 e. The van der Waals surface area contributed by atoms with Gasteiger partial charge in [-0.15, -0.1) is 5.10 Å². The summed E-state index contributed by atoms with van der Waals surface area (Å²) in [7, 11) is -4.02. The molecule has 0 saturated carbocycles. The molecule has 8 nitrogen and oxygen atoms in total. The minimum absolute atomic E-state index is 0.0666. The highest BCUT2D eigenvalue weighted by Gasteiger charge is 2.07. The molecule has 0 atom stereocenters. The molecule has 0 unspecified atom stereocenters. The van der Waals surface area contributed by atoms with E-state index in [9.17, 15) is 12.8 Å². The zero-order chi connectivity index (χ0) is 22.9. The lowest BCUT2D eigenvalue weighted by Gasteiger charge is -2.05. The fourth-order valence-corrected chi connectivity index (χ4v) is 2.96. The Labute approximate surface area is 181 Å². The van der Waals surface area contributed by atoms with Crippen LogP contribution in [0.25, 0.3) is 5.65 Å². The summed E-state index contributed by atoms with van der Waals surface area (Å²) in [4.78, 5) is 4.41. The lowest BCUT2D eigenvalue weighted by Crippen LogP contribution is -2.11. The predicted octanol–water partition coefficient (Wildman–Crippen LogP) is 3.50. The SMILES string of the molecule is CCCCc1cn2nc(OC/C(=C/F)CN)ccc2n1.Cc1ccc(S(=O)(=O)O)cc1. The maximum atomic E-state index is 12.4. The Bertz CT molecular complexity index is 1110. The van der Waals surface area contributed by atoms with Crippen LogP contribution in [0.5, 0.6) is 5.88 Å². The van der Waals surface area contributed by atoms with Crippen LogP contribution in [0.2, 0.25) is 0 Å². The van der Waals surface area contributed by atoms with Gasteiger partial charge in [0.15, 0.2) is 5.65 Å². The molecule has 0 fully saturated rings. The van der Waals surface area contributed by atoms with Crippen LogP contribution in [0.15, 0.2) is 59.4 Å². The van der Waals surface area contributed by atoms with E-state index in [1.807, 2.05) is 19.2 Å². The van der Waals surface area contributed by atoms with Crippen LogP contribution in [0.1, 0.15) is 31.0 Å². The van der Waals surface area contributed by atoms with Crippen molar-refractivity contribution in [1.82, 2.24) is 14.6 Å². The summed E-state index contributed by atoms with van der Waals surface area (Å²) < 4.78 is 49.0. The zero-order valence-electron chi connectivity index (χ0n) is 17.5. The largest absolute Gasteiger partial charge is 0.472 e. The smallest absolute Gasteiger partial charge is 0.294 e. The fraction of sp³-hybridized carbons (Fsp3) is 0.333. The predicted molar refractivity (Wildman–Crippen MR) is 116 cm³/mol. The van der Waals surface area contributed by atoms with Crippen molar-refractivity contribution in [2.24, 2.45) is 5.73 Å². The summed E-state index contributed by atoms with van der Waals surface area (Å²) in [6, 6.07) is 9.54. The number of imidazole rings is 1. The van der Waals surface area contributed by atoms with Crippen LogP contribution in [-0.4, -0.2) is 40.7 Å². The topological polar surface area (TPSA) is 120 Å². The number of nitrogens with zero attached hydrogens (tertiary/aromatic N) is 3. The second-order valence-corrected chi connectivity index (χ2v) is 8.28. The first-order valence-electron chi connectivity index (χ1n) is 9.77. The maximum absolute atomic E-state index is 12.4. The van der Waals surface area contributed by atoms with Gasteiger partial charge < -0.3 is 10.5 Å². The molecule has 0 amide bonds. The number of benzene rings is 1. The van der Waals surface area contributed by atoms with E-state index in [2.05, 4.69) is 17.0 Å². The third kappa shape index (κ3) is 7.74. The highest BCUT2D eigenvalue weighted by molar-refractivity contribution is 7.85. The first kappa shape index (κ1) is 24.4. The maximum Gasteiger partial charge on any atom is 0.294 e. The number of aromatic nitrogens is 3. The molecule has 0 bridgehead atoms. The number of rotatable bonds is 8. The average molecular weight is 451 g/mol. The van der Waals surface area contributed by atoms with Crippen molar-refractivity contribution < 1.29 is 22.1 Å². The summed E-state index contributed by atoms with van der Waals surface area (Å²) >= 11 is 0. The summed E-state index contributed by atoms with van der Waals surface area (Å²) in [6.07, 6.45) is 5.55. The Morgan fingerprint density at radius 2 is 1.97 bits per heavy atom. The van der Waals surface area contributed by atoms with Gasteiger partial charge in [-0.2, -0.15) is 8.42 Å². The van der Waals surface area contributed by atoms with Gasteiger partial charge >= 0.3 is 0 Å². The highest BCUT2D eigenvalue weighted by atomic mass is 32.2. The van der Waals surface area contributed by atoms with E-state index in [1.54, 1.807) is 22.7 Å². The molecule has 10 heteroatoms. The number of ether oxygens (including phenoxy) is 1. The van der Waals surface area contributed by atoms with Crippen molar-refractivity contribution in [2.45, 2.75) is 38.0 Å². The minimum atomic E-state index is -4.02. The van der Waals surface area contributed by atoms with Gasteiger partial charge in [-0.3, -0.25) is 4.55 Å². The van der Waals surface area contributed by atoms with E-state index in [4.69, 9.17) is 15.0 Å². The van der Waals surface area contributed by atoms with E-state index in [-0.39, 0.29) is 18.0 Å². The third-order valence-electron chi connectivity index (χ3n) is 4.27. The molecule has 3 N–H and O–H groups in total. The Balaban J connectivity index is 0.000000262. The number of hydrogen-bond acceptors (Lipinski definition) is 6. The fourth-order valence-electron chi connectivity index (χ4n) is 2.48. The molecular weight excluding hydrogens is 423 g/mol. The van der Waals surface area contributed by atoms with Crippen LogP contribution in [-0.2, 0) is 16.5 Å². The normalized spacial score (nSPS) is 11.8. The van der Waals surface area contributed by atoms with Crippen LogP contribution >= 0.6 is 0 Å². The lowest BCUT2D eigenvalue weighted by atomic mass is 10.2. The van der Waals surface area contributed by atoms with Crippen LogP contribution < -0.4 is 10.5 Å². The third-order valence-corrected chi connectivity index (χ3v) is 5.14. The highest BCUT2D eigenvalue weighted by Crippen LogP contribution is 2.12. The van der Waals surface area contributed by atoms with Crippen molar-refractivity contribution in [3.8, 4) is 5.88 Å². The van der Waals surface area contributed by atoms with Gasteiger partial charge in [0, 0.05) is 18.2 Å². The quantitative estimate of drug-likeness (QED) is 0.504. The Morgan fingerprint density at radius 3 is 2.55 bits per heavy atom.